The lowest BCUT2D eigenvalue weighted by Gasteiger charge is -2.26. The Bertz CT molecular complexity index is 1510. The van der Waals surface area contributed by atoms with E-state index in [4.69, 9.17) is 4.74 Å². The zero-order valence-corrected chi connectivity index (χ0v) is 26.5. The fraction of sp³-hybridized carbons (Fsp3) is 0.371. The van der Waals surface area contributed by atoms with Crippen molar-refractivity contribution in [2.45, 2.75) is 77.7 Å². The number of hydrogen-bond acceptors (Lipinski definition) is 6. The molecule has 226 valence electrons. The van der Waals surface area contributed by atoms with E-state index in [1.54, 1.807) is 42.7 Å². The number of nitrogens with one attached hydrogen (secondary N) is 1. The summed E-state index contributed by atoms with van der Waals surface area (Å²) >= 11 is 1.37. The van der Waals surface area contributed by atoms with Gasteiger partial charge in [-0.2, -0.15) is 0 Å². The standard InChI is InChI=1S/C35H41N3O4S/c1-6-7-8-9-10-21-42-28-17-13-24(14-18-28)26-22-36-31(37-23-26)25-11-15-27(16-12-25)35(5,33(40)41)38-32(39)29-19-20-30(43-29)34(2,3)4/h11-20,22-23H,6-10,21H2,1-5H3,(H,38,39)(H,40,41)/t35-/m0/s1. The van der Waals surface area contributed by atoms with Crippen molar-refractivity contribution < 1.29 is 19.4 Å². The Morgan fingerprint density at radius 2 is 1.44 bits per heavy atom. The van der Waals surface area contributed by atoms with Crippen molar-refractivity contribution in [3.8, 4) is 28.3 Å². The lowest BCUT2D eigenvalue weighted by molar-refractivity contribution is -0.144. The second-order valence-electron chi connectivity index (χ2n) is 12.0. The molecule has 2 heterocycles. The van der Waals surface area contributed by atoms with E-state index in [1.807, 2.05) is 30.3 Å². The summed E-state index contributed by atoms with van der Waals surface area (Å²) in [5, 5.41) is 12.8. The number of rotatable bonds is 13. The van der Waals surface area contributed by atoms with Gasteiger partial charge in [-0.15, -0.1) is 11.3 Å². The number of carboxylic acid groups (broad SMARTS) is 1. The van der Waals surface area contributed by atoms with Crippen molar-refractivity contribution in [3.05, 3.63) is 88.4 Å². The van der Waals surface area contributed by atoms with Gasteiger partial charge in [0.05, 0.1) is 11.5 Å². The minimum absolute atomic E-state index is 0.0953. The van der Waals surface area contributed by atoms with Crippen LogP contribution in [0.4, 0.5) is 0 Å². The van der Waals surface area contributed by atoms with Crippen LogP contribution in [0.25, 0.3) is 22.5 Å². The predicted octanol–water partition coefficient (Wildman–Crippen LogP) is 8.25. The molecule has 0 saturated carbocycles. The third-order valence-corrected chi connectivity index (χ3v) is 8.95. The summed E-state index contributed by atoms with van der Waals surface area (Å²) in [6.45, 7) is 10.7. The maximum Gasteiger partial charge on any atom is 0.333 e. The normalized spacial score (nSPS) is 12.9. The lowest BCUT2D eigenvalue weighted by atomic mass is 9.91. The van der Waals surface area contributed by atoms with Gasteiger partial charge < -0.3 is 15.2 Å². The molecule has 8 heteroatoms. The van der Waals surface area contributed by atoms with Gasteiger partial charge in [-0.3, -0.25) is 4.79 Å². The Morgan fingerprint density at radius 3 is 2.02 bits per heavy atom. The van der Waals surface area contributed by atoms with Crippen LogP contribution in [-0.4, -0.2) is 33.6 Å². The van der Waals surface area contributed by atoms with Gasteiger partial charge >= 0.3 is 5.97 Å². The van der Waals surface area contributed by atoms with Gasteiger partial charge in [-0.1, -0.05) is 89.8 Å². The number of hydrogen-bond donors (Lipinski definition) is 2. The predicted molar refractivity (Wildman–Crippen MR) is 173 cm³/mol. The third-order valence-electron chi connectivity index (χ3n) is 7.44. The van der Waals surface area contributed by atoms with Crippen LogP contribution in [0.1, 0.15) is 86.8 Å². The van der Waals surface area contributed by atoms with Crippen LogP contribution in [0.5, 0.6) is 5.75 Å². The largest absolute Gasteiger partial charge is 0.494 e. The Balaban J connectivity index is 1.40. The quantitative estimate of drug-likeness (QED) is 0.150. The second-order valence-corrected chi connectivity index (χ2v) is 13.0. The molecule has 0 fully saturated rings. The minimum atomic E-state index is -1.61. The van der Waals surface area contributed by atoms with Crippen LogP contribution < -0.4 is 10.1 Å². The Hall–Kier alpha value is -4.04. The summed E-state index contributed by atoms with van der Waals surface area (Å²) in [7, 11) is 0. The maximum atomic E-state index is 13.0. The number of amides is 1. The highest BCUT2D eigenvalue weighted by atomic mass is 32.1. The molecule has 4 rings (SSSR count). The molecule has 4 aromatic rings. The van der Waals surface area contributed by atoms with Crippen LogP contribution in [0.2, 0.25) is 0 Å². The number of aromatic nitrogens is 2. The van der Waals surface area contributed by atoms with Crippen molar-refractivity contribution in [1.29, 1.82) is 0 Å². The van der Waals surface area contributed by atoms with E-state index in [-0.39, 0.29) is 5.41 Å². The minimum Gasteiger partial charge on any atom is -0.494 e. The van der Waals surface area contributed by atoms with Crippen molar-refractivity contribution in [2.75, 3.05) is 6.61 Å². The molecule has 2 aromatic heterocycles. The summed E-state index contributed by atoms with van der Waals surface area (Å²) < 4.78 is 5.87. The molecule has 0 bridgehead atoms. The second kappa shape index (κ2) is 14.0. The average Bonchev–Trinajstić information content (AvgIpc) is 3.51. The monoisotopic (exact) mass is 599 g/mol. The van der Waals surface area contributed by atoms with E-state index >= 15 is 0 Å². The molecular formula is C35H41N3O4S. The third kappa shape index (κ3) is 8.08. The van der Waals surface area contributed by atoms with E-state index < -0.39 is 17.4 Å². The molecule has 0 unspecified atom stereocenters. The smallest absolute Gasteiger partial charge is 0.333 e. The first-order chi connectivity index (χ1) is 20.5. The molecule has 43 heavy (non-hydrogen) atoms. The van der Waals surface area contributed by atoms with Crippen LogP contribution in [0.3, 0.4) is 0 Å². The molecule has 2 aromatic carbocycles. The van der Waals surface area contributed by atoms with Crippen LogP contribution in [-0.2, 0) is 15.7 Å². The van der Waals surface area contributed by atoms with Gasteiger partial charge in [0.25, 0.3) is 5.91 Å². The molecule has 0 spiro atoms. The first-order valence-electron chi connectivity index (χ1n) is 14.8. The SMILES string of the molecule is CCCCCCCOc1ccc(-c2cnc(-c3ccc([C@](C)(NC(=O)c4ccc(C(C)(C)C)s4)C(=O)O)cc3)nc2)cc1. The molecule has 0 saturated heterocycles. The molecule has 0 aliphatic carbocycles. The Morgan fingerprint density at radius 1 is 0.814 bits per heavy atom. The van der Waals surface area contributed by atoms with Gasteiger partial charge in [-0.25, -0.2) is 14.8 Å². The molecule has 2 N–H and O–H groups in total. The Kier molecular flexibility index (Phi) is 10.3. The van der Waals surface area contributed by atoms with Gasteiger partial charge in [0.2, 0.25) is 0 Å². The molecular weight excluding hydrogens is 558 g/mol. The van der Waals surface area contributed by atoms with Crippen molar-refractivity contribution >= 4 is 23.2 Å². The molecule has 1 amide bonds. The average molecular weight is 600 g/mol. The fourth-order valence-electron chi connectivity index (χ4n) is 4.62. The van der Waals surface area contributed by atoms with E-state index in [0.29, 0.717) is 16.3 Å². The van der Waals surface area contributed by atoms with Crippen LogP contribution >= 0.6 is 11.3 Å². The first-order valence-corrected chi connectivity index (χ1v) is 15.7. The number of ether oxygens (including phenoxy) is 1. The number of carbonyl (C=O) groups excluding carboxylic acids is 1. The van der Waals surface area contributed by atoms with E-state index in [2.05, 4.69) is 43.0 Å². The molecule has 0 aliphatic heterocycles. The number of benzene rings is 2. The zero-order valence-electron chi connectivity index (χ0n) is 25.6. The maximum absolute atomic E-state index is 13.0. The fourth-order valence-corrected chi connectivity index (χ4v) is 5.58. The van der Waals surface area contributed by atoms with Crippen molar-refractivity contribution in [1.82, 2.24) is 15.3 Å². The number of unbranched alkanes of at least 4 members (excludes halogenated alkanes) is 4. The van der Waals surface area contributed by atoms with Gasteiger partial charge in [-0.05, 0) is 54.2 Å². The highest BCUT2D eigenvalue weighted by molar-refractivity contribution is 7.14. The number of nitrogens with zero attached hydrogens (tertiary/aromatic N) is 2. The van der Waals surface area contributed by atoms with Gasteiger partial charge in [0.15, 0.2) is 11.4 Å². The van der Waals surface area contributed by atoms with Crippen LogP contribution in [0, 0.1) is 0 Å². The summed E-state index contributed by atoms with van der Waals surface area (Å²) in [6, 6.07) is 18.5. The number of carboxylic acids is 1. The van der Waals surface area contributed by atoms with E-state index in [9.17, 15) is 14.7 Å². The number of aliphatic carboxylic acids is 1. The molecule has 0 radical (unpaired) electrons. The van der Waals surface area contributed by atoms with Crippen molar-refractivity contribution in [3.63, 3.8) is 0 Å². The number of carbonyl (C=O) groups is 2. The summed E-state index contributed by atoms with van der Waals surface area (Å²) in [5.74, 6) is -0.195. The molecule has 7 nitrogen and oxygen atoms in total. The van der Waals surface area contributed by atoms with E-state index in [1.165, 1.54) is 43.9 Å². The number of thiophene rings is 1. The summed E-state index contributed by atoms with van der Waals surface area (Å²) in [6.07, 6.45) is 9.58. The summed E-state index contributed by atoms with van der Waals surface area (Å²) in [4.78, 5) is 36.0. The first kappa shape index (κ1) is 31.9. The van der Waals surface area contributed by atoms with E-state index in [0.717, 1.165) is 40.3 Å². The highest BCUT2D eigenvalue weighted by Gasteiger charge is 2.37. The topological polar surface area (TPSA) is 101 Å². The Labute approximate surface area is 258 Å². The van der Waals surface area contributed by atoms with Crippen molar-refractivity contribution in [2.24, 2.45) is 0 Å². The zero-order chi connectivity index (χ0) is 31.0. The summed E-state index contributed by atoms with van der Waals surface area (Å²) in [5.41, 5.74) is 1.36. The molecule has 0 aliphatic rings. The van der Waals surface area contributed by atoms with Gasteiger partial charge in [0.1, 0.15) is 5.75 Å². The lowest BCUT2D eigenvalue weighted by Crippen LogP contribution is -2.49. The molecule has 1 atom stereocenters. The van der Waals surface area contributed by atoms with Gasteiger partial charge in [0, 0.05) is 28.4 Å². The van der Waals surface area contributed by atoms with Crippen LogP contribution in [0.15, 0.2) is 73.1 Å². The highest BCUT2D eigenvalue weighted by Crippen LogP contribution is 2.31.